The van der Waals surface area contributed by atoms with Crippen molar-refractivity contribution in [2.45, 2.75) is 25.3 Å². The summed E-state index contributed by atoms with van der Waals surface area (Å²) in [6, 6.07) is -0.575. The number of hydrogen-bond donors (Lipinski definition) is 2. The highest BCUT2D eigenvalue weighted by atomic mass is 16.4. The van der Waals surface area contributed by atoms with E-state index >= 15 is 0 Å². The van der Waals surface area contributed by atoms with Gasteiger partial charge in [-0.05, 0) is 37.8 Å². The van der Waals surface area contributed by atoms with Gasteiger partial charge in [-0.1, -0.05) is 0 Å². The summed E-state index contributed by atoms with van der Waals surface area (Å²) in [5.41, 5.74) is 0. The Kier molecular flexibility index (Phi) is 2.65. The molecule has 2 N–H and O–H groups in total. The lowest BCUT2D eigenvalue weighted by molar-refractivity contribution is -0.155. The van der Waals surface area contributed by atoms with Crippen molar-refractivity contribution in [1.29, 1.82) is 0 Å². The van der Waals surface area contributed by atoms with Crippen LogP contribution in [0.4, 0.5) is 0 Å². The molecule has 0 saturated carbocycles. The summed E-state index contributed by atoms with van der Waals surface area (Å²) in [4.78, 5) is 23.7. The first-order valence-electron chi connectivity index (χ1n) is 5.28. The molecule has 2 bridgehead atoms. The lowest BCUT2D eigenvalue weighted by Gasteiger charge is -2.48. The number of nitrogens with zero attached hydrogens (tertiary/aromatic N) is 1. The maximum Gasteiger partial charge on any atom is 0.321 e. The van der Waals surface area contributed by atoms with Crippen LogP contribution in [0.3, 0.4) is 0 Å². The van der Waals surface area contributed by atoms with Crippen LogP contribution >= 0.6 is 0 Å². The fraction of sp³-hybridized carbons (Fsp3) is 0.800. The Morgan fingerprint density at radius 1 is 1.20 bits per heavy atom. The van der Waals surface area contributed by atoms with E-state index in [2.05, 4.69) is 0 Å². The summed E-state index contributed by atoms with van der Waals surface area (Å²) in [5, 5.41) is 17.9. The second kappa shape index (κ2) is 3.81. The van der Waals surface area contributed by atoms with E-state index in [1.165, 1.54) is 0 Å². The molecule has 0 aromatic heterocycles. The highest BCUT2D eigenvalue weighted by Crippen LogP contribution is 2.38. The standard InChI is InChI=1S/C10H15NO4/c12-8(13)5-7-6-1-3-11(4-2-6)9(7)10(14)15/h6-7,9H,1-5H2,(H,12,13)(H,14,15)/t7-,9-/m0/s1. The molecule has 0 aromatic carbocycles. The lowest BCUT2D eigenvalue weighted by Crippen LogP contribution is -2.58. The quantitative estimate of drug-likeness (QED) is 0.703. The fourth-order valence-corrected chi connectivity index (χ4v) is 2.97. The molecular formula is C10H15NO4. The summed E-state index contributed by atoms with van der Waals surface area (Å²) < 4.78 is 0. The molecule has 5 heteroatoms. The van der Waals surface area contributed by atoms with Crippen LogP contribution in [-0.4, -0.2) is 46.2 Å². The number of carboxylic acid groups (broad SMARTS) is 2. The minimum Gasteiger partial charge on any atom is -0.481 e. The van der Waals surface area contributed by atoms with Crippen LogP contribution in [0.1, 0.15) is 19.3 Å². The van der Waals surface area contributed by atoms with Gasteiger partial charge in [0.25, 0.3) is 0 Å². The number of hydrogen-bond acceptors (Lipinski definition) is 3. The van der Waals surface area contributed by atoms with Crippen molar-refractivity contribution in [2.75, 3.05) is 13.1 Å². The van der Waals surface area contributed by atoms with Crippen LogP contribution in [-0.2, 0) is 9.59 Å². The third-order valence-electron chi connectivity index (χ3n) is 3.64. The van der Waals surface area contributed by atoms with E-state index in [0.717, 1.165) is 25.9 Å². The molecule has 3 aliphatic rings. The van der Waals surface area contributed by atoms with Gasteiger partial charge >= 0.3 is 11.9 Å². The minimum absolute atomic E-state index is 0.0157. The zero-order valence-corrected chi connectivity index (χ0v) is 8.43. The first-order valence-corrected chi connectivity index (χ1v) is 5.28. The van der Waals surface area contributed by atoms with Gasteiger partial charge in [0.1, 0.15) is 6.04 Å². The molecule has 3 fully saturated rings. The van der Waals surface area contributed by atoms with Gasteiger partial charge in [-0.2, -0.15) is 0 Å². The normalized spacial score (nSPS) is 38.9. The maximum absolute atomic E-state index is 11.1. The number of carbonyl (C=O) groups is 2. The molecule has 0 spiro atoms. The molecule has 0 aliphatic carbocycles. The predicted octanol–water partition coefficient (Wildman–Crippen LogP) is 0.256. The SMILES string of the molecule is O=C(O)C[C@H]1C2CCN(CC2)[C@@H]1C(=O)O. The first-order chi connectivity index (χ1) is 7.09. The third kappa shape index (κ3) is 1.84. The summed E-state index contributed by atoms with van der Waals surface area (Å²) >= 11 is 0. The summed E-state index contributed by atoms with van der Waals surface area (Å²) in [6.45, 7) is 1.61. The van der Waals surface area contributed by atoms with E-state index in [-0.39, 0.29) is 18.3 Å². The summed E-state index contributed by atoms with van der Waals surface area (Å²) in [5.74, 6) is -1.68. The van der Waals surface area contributed by atoms with E-state index in [1.54, 1.807) is 0 Å². The Morgan fingerprint density at radius 2 is 1.80 bits per heavy atom. The number of fused-ring (bicyclic) bond motifs is 3. The van der Waals surface area contributed by atoms with E-state index in [4.69, 9.17) is 10.2 Å². The molecule has 84 valence electrons. The molecule has 3 rings (SSSR count). The van der Waals surface area contributed by atoms with Crippen molar-refractivity contribution in [3.8, 4) is 0 Å². The van der Waals surface area contributed by atoms with Crippen molar-refractivity contribution in [2.24, 2.45) is 11.8 Å². The molecule has 15 heavy (non-hydrogen) atoms. The predicted molar refractivity (Wildman–Crippen MR) is 51.5 cm³/mol. The smallest absolute Gasteiger partial charge is 0.321 e. The molecule has 0 amide bonds. The first kappa shape index (κ1) is 10.4. The van der Waals surface area contributed by atoms with Crippen LogP contribution in [0.5, 0.6) is 0 Å². The molecule has 2 atom stereocenters. The molecule has 5 nitrogen and oxygen atoms in total. The Morgan fingerprint density at radius 3 is 2.27 bits per heavy atom. The van der Waals surface area contributed by atoms with Crippen molar-refractivity contribution in [1.82, 2.24) is 4.90 Å². The van der Waals surface area contributed by atoms with Crippen molar-refractivity contribution in [3.63, 3.8) is 0 Å². The molecule has 0 radical (unpaired) electrons. The van der Waals surface area contributed by atoms with Gasteiger partial charge in [0.05, 0.1) is 6.42 Å². The van der Waals surface area contributed by atoms with E-state index < -0.39 is 18.0 Å². The highest BCUT2D eigenvalue weighted by Gasteiger charge is 2.46. The monoisotopic (exact) mass is 213 g/mol. The Hall–Kier alpha value is -1.10. The highest BCUT2D eigenvalue weighted by molar-refractivity contribution is 5.76. The van der Waals surface area contributed by atoms with Gasteiger partial charge in [-0.15, -0.1) is 0 Å². The zero-order chi connectivity index (χ0) is 11.0. The van der Waals surface area contributed by atoms with Crippen LogP contribution in [0.15, 0.2) is 0 Å². The second-order valence-electron chi connectivity index (χ2n) is 4.42. The van der Waals surface area contributed by atoms with E-state index in [0.29, 0.717) is 0 Å². The zero-order valence-electron chi connectivity index (χ0n) is 8.43. The van der Waals surface area contributed by atoms with Gasteiger partial charge in [-0.3, -0.25) is 14.5 Å². The number of aliphatic carboxylic acids is 2. The topological polar surface area (TPSA) is 77.8 Å². The van der Waals surface area contributed by atoms with Crippen LogP contribution in [0.25, 0.3) is 0 Å². The molecule has 3 heterocycles. The molecule has 3 aliphatic heterocycles. The van der Waals surface area contributed by atoms with Gasteiger partial charge in [0, 0.05) is 0 Å². The fourth-order valence-electron chi connectivity index (χ4n) is 2.97. The van der Waals surface area contributed by atoms with Crippen LogP contribution in [0, 0.1) is 11.8 Å². The van der Waals surface area contributed by atoms with Crippen molar-refractivity contribution >= 4 is 11.9 Å². The lowest BCUT2D eigenvalue weighted by atomic mass is 9.72. The molecule has 0 aromatic rings. The number of piperidine rings is 3. The minimum atomic E-state index is -0.889. The Balaban J connectivity index is 2.17. The van der Waals surface area contributed by atoms with Crippen LogP contribution < -0.4 is 0 Å². The largest absolute Gasteiger partial charge is 0.481 e. The average molecular weight is 213 g/mol. The van der Waals surface area contributed by atoms with Gasteiger partial charge in [0.2, 0.25) is 0 Å². The maximum atomic E-state index is 11.1. The number of carboxylic acids is 2. The van der Waals surface area contributed by atoms with Gasteiger partial charge in [0.15, 0.2) is 0 Å². The molecular weight excluding hydrogens is 198 g/mol. The van der Waals surface area contributed by atoms with Gasteiger partial charge < -0.3 is 10.2 Å². The Bertz CT molecular complexity index is 283. The van der Waals surface area contributed by atoms with Gasteiger partial charge in [-0.25, -0.2) is 0 Å². The van der Waals surface area contributed by atoms with Crippen molar-refractivity contribution in [3.05, 3.63) is 0 Å². The number of rotatable bonds is 3. The van der Waals surface area contributed by atoms with E-state index in [9.17, 15) is 9.59 Å². The van der Waals surface area contributed by atoms with Crippen molar-refractivity contribution < 1.29 is 19.8 Å². The average Bonchev–Trinajstić information content (AvgIpc) is 2.17. The van der Waals surface area contributed by atoms with Crippen LogP contribution in [0.2, 0.25) is 0 Å². The molecule has 3 saturated heterocycles. The molecule has 0 unspecified atom stereocenters. The summed E-state index contributed by atoms with van der Waals surface area (Å²) in [7, 11) is 0. The summed E-state index contributed by atoms with van der Waals surface area (Å²) in [6.07, 6.45) is 1.88. The van der Waals surface area contributed by atoms with E-state index in [1.807, 2.05) is 4.90 Å². The Labute approximate surface area is 87.7 Å². The second-order valence-corrected chi connectivity index (χ2v) is 4.42. The third-order valence-corrected chi connectivity index (χ3v) is 3.64.